The number of aliphatic carboxylic acids is 1. The molecule has 0 aliphatic carbocycles. The standard InChI is InChI=1S/C15H20N2O3/c1-3-15(2,14(19)20)17-13(18)11-8-9-16-12-7-5-4-6-10(11)12/h4-7,11,16H,3,8-9H2,1-2H3,(H,17,18)(H,19,20). The quantitative estimate of drug-likeness (QED) is 0.785. The third kappa shape index (κ3) is 2.61. The Hall–Kier alpha value is -2.04. The van der Waals surface area contributed by atoms with Gasteiger partial charge in [-0.2, -0.15) is 0 Å². The summed E-state index contributed by atoms with van der Waals surface area (Å²) < 4.78 is 0. The maximum absolute atomic E-state index is 12.4. The maximum atomic E-state index is 12.4. The molecule has 0 bridgehead atoms. The first-order valence-corrected chi connectivity index (χ1v) is 6.86. The van der Waals surface area contributed by atoms with Crippen LogP contribution in [0.5, 0.6) is 0 Å². The van der Waals surface area contributed by atoms with E-state index in [1.165, 1.54) is 0 Å². The molecule has 2 rings (SSSR count). The van der Waals surface area contributed by atoms with Crippen LogP contribution < -0.4 is 10.6 Å². The Bertz CT molecular complexity index is 530. The number of carbonyl (C=O) groups excluding carboxylic acids is 1. The summed E-state index contributed by atoms with van der Waals surface area (Å²) in [6, 6.07) is 7.66. The van der Waals surface area contributed by atoms with Gasteiger partial charge in [-0.15, -0.1) is 0 Å². The van der Waals surface area contributed by atoms with Crippen LogP contribution in [0.2, 0.25) is 0 Å². The number of para-hydroxylation sites is 1. The summed E-state index contributed by atoms with van der Waals surface area (Å²) in [5.41, 5.74) is 0.671. The molecule has 20 heavy (non-hydrogen) atoms. The number of benzene rings is 1. The zero-order chi connectivity index (χ0) is 14.8. The highest BCUT2D eigenvalue weighted by Crippen LogP contribution is 2.31. The lowest BCUT2D eigenvalue weighted by atomic mass is 9.88. The van der Waals surface area contributed by atoms with Crippen molar-refractivity contribution in [1.82, 2.24) is 5.32 Å². The number of carbonyl (C=O) groups is 2. The molecule has 0 saturated carbocycles. The Morgan fingerprint density at radius 2 is 2.15 bits per heavy atom. The Morgan fingerprint density at radius 1 is 1.45 bits per heavy atom. The van der Waals surface area contributed by atoms with Crippen molar-refractivity contribution < 1.29 is 14.7 Å². The van der Waals surface area contributed by atoms with E-state index >= 15 is 0 Å². The number of hydrogen-bond acceptors (Lipinski definition) is 3. The maximum Gasteiger partial charge on any atom is 0.329 e. The van der Waals surface area contributed by atoms with Crippen molar-refractivity contribution in [3.8, 4) is 0 Å². The summed E-state index contributed by atoms with van der Waals surface area (Å²) in [6.07, 6.45) is 1.02. The van der Waals surface area contributed by atoms with Gasteiger partial charge < -0.3 is 15.7 Å². The van der Waals surface area contributed by atoms with E-state index < -0.39 is 11.5 Å². The lowest BCUT2D eigenvalue weighted by Gasteiger charge is -2.30. The SMILES string of the molecule is CCC(C)(NC(=O)C1CCNc2ccccc21)C(=O)O. The van der Waals surface area contributed by atoms with Gasteiger partial charge in [-0.1, -0.05) is 25.1 Å². The van der Waals surface area contributed by atoms with Crippen LogP contribution in [0.1, 0.15) is 38.2 Å². The van der Waals surface area contributed by atoms with Crippen LogP contribution in [0.25, 0.3) is 0 Å². The van der Waals surface area contributed by atoms with Gasteiger partial charge in [0.2, 0.25) is 5.91 Å². The fourth-order valence-corrected chi connectivity index (χ4v) is 2.39. The molecule has 0 fully saturated rings. The number of fused-ring (bicyclic) bond motifs is 1. The molecule has 5 heteroatoms. The first-order chi connectivity index (χ1) is 9.48. The molecule has 1 aliphatic rings. The number of nitrogens with one attached hydrogen (secondary N) is 2. The molecule has 0 spiro atoms. The Morgan fingerprint density at radius 3 is 2.80 bits per heavy atom. The summed E-state index contributed by atoms with van der Waals surface area (Å²) in [5.74, 6) is -1.51. The average molecular weight is 276 g/mol. The van der Waals surface area contributed by atoms with E-state index in [-0.39, 0.29) is 11.8 Å². The highest BCUT2D eigenvalue weighted by atomic mass is 16.4. The molecule has 1 heterocycles. The predicted octanol–water partition coefficient (Wildman–Crippen LogP) is 1.96. The third-order valence-corrected chi connectivity index (χ3v) is 3.98. The Labute approximate surface area is 118 Å². The molecule has 1 amide bonds. The van der Waals surface area contributed by atoms with Crippen molar-refractivity contribution in [1.29, 1.82) is 0 Å². The van der Waals surface area contributed by atoms with Crippen molar-refractivity contribution in [2.75, 3.05) is 11.9 Å². The number of rotatable bonds is 4. The molecule has 2 unspecified atom stereocenters. The Balaban J connectivity index is 2.21. The normalized spacial score (nSPS) is 20.2. The van der Waals surface area contributed by atoms with E-state index in [0.29, 0.717) is 19.4 Å². The van der Waals surface area contributed by atoms with Crippen LogP contribution >= 0.6 is 0 Å². The molecule has 0 radical (unpaired) electrons. The second-order valence-electron chi connectivity index (χ2n) is 5.34. The van der Waals surface area contributed by atoms with Crippen LogP contribution in [-0.2, 0) is 9.59 Å². The van der Waals surface area contributed by atoms with Crippen molar-refractivity contribution in [3.05, 3.63) is 29.8 Å². The summed E-state index contributed by atoms with van der Waals surface area (Å²) in [5, 5.41) is 15.2. The topological polar surface area (TPSA) is 78.4 Å². The summed E-state index contributed by atoms with van der Waals surface area (Å²) >= 11 is 0. The lowest BCUT2D eigenvalue weighted by molar-refractivity contribution is -0.147. The molecule has 5 nitrogen and oxygen atoms in total. The van der Waals surface area contributed by atoms with Crippen LogP contribution in [0, 0.1) is 0 Å². The summed E-state index contributed by atoms with van der Waals surface area (Å²) in [6.45, 7) is 4.01. The van der Waals surface area contributed by atoms with Gasteiger partial charge in [0.05, 0.1) is 5.92 Å². The highest BCUT2D eigenvalue weighted by Gasteiger charge is 2.36. The highest BCUT2D eigenvalue weighted by molar-refractivity contribution is 5.91. The van der Waals surface area contributed by atoms with Crippen LogP contribution in [0.15, 0.2) is 24.3 Å². The molecule has 2 atom stereocenters. The fraction of sp³-hybridized carbons (Fsp3) is 0.467. The van der Waals surface area contributed by atoms with E-state index in [9.17, 15) is 14.7 Å². The number of anilines is 1. The summed E-state index contributed by atoms with van der Waals surface area (Å²) in [7, 11) is 0. The molecule has 3 N–H and O–H groups in total. The van der Waals surface area contributed by atoms with Crippen molar-refractivity contribution in [3.63, 3.8) is 0 Å². The van der Waals surface area contributed by atoms with E-state index in [0.717, 1.165) is 11.3 Å². The zero-order valence-electron chi connectivity index (χ0n) is 11.8. The van der Waals surface area contributed by atoms with Gasteiger partial charge in [-0.25, -0.2) is 4.79 Å². The molecule has 1 aliphatic heterocycles. The van der Waals surface area contributed by atoms with Gasteiger partial charge >= 0.3 is 5.97 Å². The number of carboxylic acids is 1. The van der Waals surface area contributed by atoms with Gasteiger partial charge in [0.1, 0.15) is 5.54 Å². The van der Waals surface area contributed by atoms with Gasteiger partial charge in [-0.3, -0.25) is 4.79 Å². The first-order valence-electron chi connectivity index (χ1n) is 6.86. The van der Waals surface area contributed by atoms with Gasteiger partial charge in [0, 0.05) is 12.2 Å². The second-order valence-corrected chi connectivity index (χ2v) is 5.34. The van der Waals surface area contributed by atoms with E-state index in [1.807, 2.05) is 24.3 Å². The van der Waals surface area contributed by atoms with Gasteiger partial charge in [-0.05, 0) is 31.4 Å². The van der Waals surface area contributed by atoms with E-state index in [1.54, 1.807) is 13.8 Å². The average Bonchev–Trinajstić information content (AvgIpc) is 2.46. The van der Waals surface area contributed by atoms with Crippen LogP contribution in [0.4, 0.5) is 5.69 Å². The zero-order valence-corrected chi connectivity index (χ0v) is 11.8. The van der Waals surface area contributed by atoms with Crippen LogP contribution in [0.3, 0.4) is 0 Å². The van der Waals surface area contributed by atoms with Crippen molar-refractivity contribution in [2.24, 2.45) is 0 Å². The minimum atomic E-state index is -1.21. The monoisotopic (exact) mass is 276 g/mol. The molecular weight excluding hydrogens is 256 g/mol. The van der Waals surface area contributed by atoms with E-state index in [4.69, 9.17) is 0 Å². The number of hydrogen-bond donors (Lipinski definition) is 3. The molecule has 0 saturated heterocycles. The number of amides is 1. The largest absolute Gasteiger partial charge is 0.480 e. The fourth-order valence-electron chi connectivity index (χ4n) is 2.39. The first kappa shape index (κ1) is 14.4. The minimum absolute atomic E-state index is 0.217. The Kier molecular flexibility index (Phi) is 3.97. The van der Waals surface area contributed by atoms with Gasteiger partial charge in [0.25, 0.3) is 0 Å². The minimum Gasteiger partial charge on any atom is -0.480 e. The lowest BCUT2D eigenvalue weighted by Crippen LogP contribution is -2.53. The van der Waals surface area contributed by atoms with Crippen LogP contribution in [-0.4, -0.2) is 29.1 Å². The van der Waals surface area contributed by atoms with Crippen molar-refractivity contribution >= 4 is 17.6 Å². The third-order valence-electron chi connectivity index (χ3n) is 3.98. The predicted molar refractivity (Wildman–Crippen MR) is 76.8 cm³/mol. The second kappa shape index (κ2) is 5.53. The molecule has 108 valence electrons. The molecule has 1 aromatic carbocycles. The number of carboxylic acid groups (broad SMARTS) is 1. The summed E-state index contributed by atoms with van der Waals surface area (Å²) in [4.78, 5) is 23.7. The molecule has 1 aromatic rings. The van der Waals surface area contributed by atoms with Gasteiger partial charge in [0.15, 0.2) is 0 Å². The molecular formula is C15H20N2O3. The van der Waals surface area contributed by atoms with E-state index in [2.05, 4.69) is 10.6 Å². The molecule has 0 aromatic heterocycles. The van der Waals surface area contributed by atoms with Crippen molar-refractivity contribution in [2.45, 2.75) is 38.1 Å². The smallest absolute Gasteiger partial charge is 0.329 e.